The van der Waals surface area contributed by atoms with E-state index in [9.17, 15) is 19.8 Å². The van der Waals surface area contributed by atoms with Gasteiger partial charge in [0.25, 0.3) is 11.7 Å². The van der Waals surface area contributed by atoms with Crippen molar-refractivity contribution >= 4 is 33.4 Å². The van der Waals surface area contributed by atoms with Crippen LogP contribution in [0, 0.1) is 6.92 Å². The fourth-order valence-corrected chi connectivity index (χ4v) is 3.53. The molecule has 1 aliphatic heterocycles. The summed E-state index contributed by atoms with van der Waals surface area (Å²) in [6.45, 7) is 1.65. The van der Waals surface area contributed by atoms with Crippen molar-refractivity contribution in [3.05, 3.63) is 75.3 Å². The Balaban J connectivity index is 2.19. The number of β-amino-alcohol motifs (C(OH)–C–C–N with tert-alkyl or cyclic N) is 1. The molecule has 1 saturated heterocycles. The number of aryl methyl sites for hydroxylation is 1. The number of halogens is 1. The molecule has 0 radical (unpaired) electrons. The van der Waals surface area contributed by atoms with E-state index in [4.69, 9.17) is 0 Å². The molecule has 1 heterocycles. The predicted octanol–water partition coefficient (Wildman–Crippen LogP) is 3.17. The summed E-state index contributed by atoms with van der Waals surface area (Å²) in [6.07, 6.45) is 0. The van der Waals surface area contributed by atoms with Gasteiger partial charge in [0.1, 0.15) is 5.76 Å². The standard InChI is InChI=1S/C20H18BrNO4/c1-12-5-7-13(8-6-12)18(24)16-17(14-3-2-4-15(21)11-14)22(9-10-23)20(26)19(16)25/h2-8,11,17,23-24H,9-10H2,1H3/b18-16-. The number of rotatable bonds is 4. The van der Waals surface area contributed by atoms with Crippen LogP contribution in [-0.4, -0.2) is 40.0 Å². The van der Waals surface area contributed by atoms with Gasteiger partial charge in [0.15, 0.2) is 0 Å². The molecule has 1 amide bonds. The molecule has 0 spiro atoms. The summed E-state index contributed by atoms with van der Waals surface area (Å²) in [5.74, 6) is -1.69. The highest BCUT2D eigenvalue weighted by Gasteiger charge is 2.45. The molecule has 3 rings (SSSR count). The molecule has 1 unspecified atom stereocenters. The molecule has 0 aliphatic carbocycles. The number of aliphatic hydroxyl groups excluding tert-OH is 2. The predicted molar refractivity (Wildman–Crippen MR) is 101 cm³/mol. The summed E-state index contributed by atoms with van der Waals surface area (Å²) in [5.41, 5.74) is 2.20. The molecule has 1 aliphatic rings. The van der Waals surface area contributed by atoms with E-state index in [2.05, 4.69) is 15.9 Å². The molecule has 134 valence electrons. The van der Waals surface area contributed by atoms with Crippen LogP contribution in [0.2, 0.25) is 0 Å². The SMILES string of the molecule is Cc1ccc(/C(O)=C2/C(=O)C(=O)N(CCO)C2c2cccc(Br)c2)cc1. The third-order valence-corrected chi connectivity index (χ3v) is 4.86. The highest BCUT2D eigenvalue weighted by Crippen LogP contribution is 2.39. The second-order valence-electron chi connectivity index (χ2n) is 6.14. The highest BCUT2D eigenvalue weighted by atomic mass is 79.9. The Bertz CT molecular complexity index is 889. The van der Waals surface area contributed by atoms with E-state index in [1.807, 2.05) is 25.1 Å². The Hall–Kier alpha value is -2.44. The van der Waals surface area contributed by atoms with Gasteiger partial charge in [-0.15, -0.1) is 0 Å². The van der Waals surface area contributed by atoms with Crippen LogP contribution in [0.4, 0.5) is 0 Å². The zero-order valence-corrected chi connectivity index (χ0v) is 15.7. The Morgan fingerprint density at radius 1 is 1.15 bits per heavy atom. The molecule has 2 aromatic carbocycles. The van der Waals surface area contributed by atoms with Gasteiger partial charge in [0.2, 0.25) is 0 Å². The lowest BCUT2D eigenvalue weighted by atomic mass is 9.95. The van der Waals surface area contributed by atoms with Crippen molar-refractivity contribution in [3.8, 4) is 0 Å². The maximum Gasteiger partial charge on any atom is 0.295 e. The molecule has 2 aromatic rings. The summed E-state index contributed by atoms with van der Waals surface area (Å²) in [4.78, 5) is 26.4. The molecule has 6 heteroatoms. The first-order chi connectivity index (χ1) is 12.4. The van der Waals surface area contributed by atoms with Crippen molar-refractivity contribution < 1.29 is 19.8 Å². The number of nitrogens with zero attached hydrogens (tertiary/aromatic N) is 1. The van der Waals surface area contributed by atoms with Crippen molar-refractivity contribution in [2.45, 2.75) is 13.0 Å². The van der Waals surface area contributed by atoms with Crippen LogP contribution in [0.3, 0.4) is 0 Å². The van der Waals surface area contributed by atoms with Gasteiger partial charge >= 0.3 is 0 Å². The maximum absolute atomic E-state index is 12.6. The number of hydrogen-bond acceptors (Lipinski definition) is 4. The molecule has 0 saturated carbocycles. The van der Waals surface area contributed by atoms with E-state index < -0.39 is 17.7 Å². The number of Topliss-reactive ketones (excluding diaryl/α,β-unsaturated/α-hetero) is 1. The molecular weight excluding hydrogens is 398 g/mol. The topological polar surface area (TPSA) is 77.8 Å². The minimum absolute atomic E-state index is 0.00638. The number of carbonyl (C=O) groups excluding carboxylic acids is 2. The van der Waals surface area contributed by atoms with E-state index >= 15 is 0 Å². The van der Waals surface area contributed by atoms with Gasteiger partial charge in [-0.3, -0.25) is 9.59 Å². The van der Waals surface area contributed by atoms with E-state index in [1.165, 1.54) is 4.90 Å². The van der Waals surface area contributed by atoms with Gasteiger partial charge in [-0.05, 0) is 24.6 Å². The Kier molecular flexibility index (Phi) is 5.25. The summed E-state index contributed by atoms with van der Waals surface area (Å²) in [5, 5.41) is 20.1. The van der Waals surface area contributed by atoms with Crippen LogP contribution in [0.15, 0.2) is 58.6 Å². The first-order valence-corrected chi connectivity index (χ1v) is 8.95. The lowest BCUT2D eigenvalue weighted by Crippen LogP contribution is -2.32. The van der Waals surface area contributed by atoms with Crippen molar-refractivity contribution in [2.75, 3.05) is 13.2 Å². The number of aliphatic hydroxyl groups is 2. The average molecular weight is 416 g/mol. The Morgan fingerprint density at radius 3 is 2.46 bits per heavy atom. The zero-order chi connectivity index (χ0) is 18.8. The quantitative estimate of drug-likeness (QED) is 0.456. The Labute approximate surface area is 159 Å². The molecule has 1 fully saturated rings. The van der Waals surface area contributed by atoms with Crippen LogP contribution < -0.4 is 0 Å². The third-order valence-electron chi connectivity index (χ3n) is 4.37. The molecule has 1 atom stereocenters. The van der Waals surface area contributed by atoms with Gasteiger partial charge in [0.05, 0.1) is 18.2 Å². The van der Waals surface area contributed by atoms with Crippen LogP contribution in [-0.2, 0) is 9.59 Å². The smallest absolute Gasteiger partial charge is 0.295 e. The van der Waals surface area contributed by atoms with E-state index in [1.54, 1.807) is 30.3 Å². The second-order valence-corrected chi connectivity index (χ2v) is 7.05. The van der Waals surface area contributed by atoms with Gasteiger partial charge < -0.3 is 15.1 Å². The van der Waals surface area contributed by atoms with Crippen LogP contribution in [0.1, 0.15) is 22.7 Å². The molecule has 5 nitrogen and oxygen atoms in total. The van der Waals surface area contributed by atoms with E-state index in [-0.39, 0.29) is 24.5 Å². The maximum atomic E-state index is 12.6. The third kappa shape index (κ3) is 3.30. The van der Waals surface area contributed by atoms with Crippen LogP contribution in [0.5, 0.6) is 0 Å². The molecule has 0 aromatic heterocycles. The van der Waals surface area contributed by atoms with Gasteiger partial charge in [-0.25, -0.2) is 0 Å². The number of carbonyl (C=O) groups is 2. The van der Waals surface area contributed by atoms with E-state index in [0.717, 1.165) is 10.0 Å². The van der Waals surface area contributed by atoms with Gasteiger partial charge in [-0.2, -0.15) is 0 Å². The lowest BCUT2D eigenvalue weighted by Gasteiger charge is -2.24. The monoisotopic (exact) mass is 415 g/mol. The average Bonchev–Trinajstić information content (AvgIpc) is 2.87. The van der Waals surface area contributed by atoms with E-state index in [0.29, 0.717) is 11.1 Å². The van der Waals surface area contributed by atoms with Crippen molar-refractivity contribution in [1.82, 2.24) is 4.90 Å². The summed E-state index contributed by atoms with van der Waals surface area (Å²) in [6, 6.07) is 13.5. The zero-order valence-electron chi connectivity index (χ0n) is 14.1. The highest BCUT2D eigenvalue weighted by molar-refractivity contribution is 9.10. The fraction of sp³-hybridized carbons (Fsp3) is 0.200. The lowest BCUT2D eigenvalue weighted by molar-refractivity contribution is -0.140. The first kappa shape index (κ1) is 18.4. The van der Waals surface area contributed by atoms with Gasteiger partial charge in [-0.1, -0.05) is 57.9 Å². The van der Waals surface area contributed by atoms with Crippen molar-refractivity contribution in [3.63, 3.8) is 0 Å². The van der Waals surface area contributed by atoms with Crippen molar-refractivity contribution in [1.29, 1.82) is 0 Å². The summed E-state index contributed by atoms with van der Waals surface area (Å²) in [7, 11) is 0. The summed E-state index contributed by atoms with van der Waals surface area (Å²) >= 11 is 3.39. The number of ketones is 1. The number of hydrogen-bond donors (Lipinski definition) is 2. The molecule has 2 N–H and O–H groups in total. The van der Waals surface area contributed by atoms with Crippen LogP contribution >= 0.6 is 15.9 Å². The fourth-order valence-electron chi connectivity index (χ4n) is 3.11. The van der Waals surface area contributed by atoms with Crippen molar-refractivity contribution in [2.24, 2.45) is 0 Å². The molecular formula is C20H18BrNO4. The molecule has 26 heavy (non-hydrogen) atoms. The van der Waals surface area contributed by atoms with Crippen LogP contribution in [0.25, 0.3) is 5.76 Å². The number of likely N-dealkylation sites (tertiary alicyclic amines) is 1. The second kappa shape index (κ2) is 7.43. The normalized spacial score (nSPS) is 19.2. The summed E-state index contributed by atoms with van der Waals surface area (Å²) < 4.78 is 0.792. The number of amides is 1. The first-order valence-electron chi connectivity index (χ1n) is 8.16. The minimum Gasteiger partial charge on any atom is -0.507 e. The minimum atomic E-state index is -0.749. The largest absolute Gasteiger partial charge is 0.507 e. The molecule has 0 bridgehead atoms. The van der Waals surface area contributed by atoms with Gasteiger partial charge in [0, 0.05) is 16.6 Å². The number of benzene rings is 2. The Morgan fingerprint density at radius 2 is 1.85 bits per heavy atom.